The Labute approximate surface area is 106 Å². The molecule has 5 nitrogen and oxygen atoms in total. The summed E-state index contributed by atoms with van der Waals surface area (Å²) in [6.45, 7) is 2.98. The fourth-order valence-corrected chi connectivity index (χ4v) is 1.56. The van der Waals surface area contributed by atoms with E-state index >= 15 is 0 Å². The van der Waals surface area contributed by atoms with Gasteiger partial charge in [0.2, 0.25) is 11.9 Å². The predicted octanol–water partition coefficient (Wildman–Crippen LogP) is 2.33. The number of aromatic nitrogens is 3. The van der Waals surface area contributed by atoms with Crippen LogP contribution in [0.3, 0.4) is 0 Å². The highest BCUT2D eigenvalue weighted by molar-refractivity contribution is 5.57. The lowest BCUT2D eigenvalue weighted by Crippen LogP contribution is -2.09. The summed E-state index contributed by atoms with van der Waals surface area (Å²) in [4.78, 5) is 12.6. The normalized spacial score (nSPS) is 10.3. The van der Waals surface area contributed by atoms with Crippen molar-refractivity contribution in [1.82, 2.24) is 15.0 Å². The molecule has 0 aliphatic rings. The Morgan fingerprint density at radius 2 is 1.89 bits per heavy atom. The number of nitrogen functional groups attached to an aromatic ring is 1. The summed E-state index contributed by atoms with van der Waals surface area (Å²) in [5.41, 5.74) is 6.63. The van der Waals surface area contributed by atoms with Gasteiger partial charge >= 0.3 is 0 Å². The standard InChI is InChI=1S/C13H17N5/c1-2-3-9-15-13-17-11(16-12(14)18-13)10-7-5-4-6-8-10/h4-8H,2-3,9H2,1H3,(H3,14,15,16,17,18). The summed E-state index contributed by atoms with van der Waals surface area (Å²) in [6, 6.07) is 9.74. The third-order valence-corrected chi connectivity index (χ3v) is 2.50. The molecule has 0 saturated heterocycles. The van der Waals surface area contributed by atoms with Crippen LogP contribution in [0.25, 0.3) is 11.4 Å². The average molecular weight is 243 g/mol. The van der Waals surface area contributed by atoms with Gasteiger partial charge in [0.25, 0.3) is 0 Å². The smallest absolute Gasteiger partial charge is 0.228 e. The van der Waals surface area contributed by atoms with Gasteiger partial charge in [-0.2, -0.15) is 15.0 Å². The molecule has 2 rings (SSSR count). The molecule has 0 saturated carbocycles. The first-order valence-corrected chi connectivity index (χ1v) is 6.10. The molecule has 0 radical (unpaired) electrons. The molecule has 0 bridgehead atoms. The maximum absolute atomic E-state index is 5.70. The number of nitrogens with one attached hydrogen (secondary N) is 1. The average Bonchev–Trinajstić information content (AvgIpc) is 2.39. The lowest BCUT2D eigenvalue weighted by Gasteiger charge is -2.06. The molecule has 0 amide bonds. The van der Waals surface area contributed by atoms with E-state index in [-0.39, 0.29) is 5.95 Å². The van der Waals surface area contributed by atoms with Gasteiger partial charge in [0, 0.05) is 12.1 Å². The SMILES string of the molecule is CCCCNc1nc(N)nc(-c2ccccc2)n1. The molecule has 0 aliphatic carbocycles. The predicted molar refractivity (Wildman–Crippen MR) is 73.1 cm³/mol. The third kappa shape index (κ3) is 3.16. The fraction of sp³-hybridized carbons (Fsp3) is 0.308. The van der Waals surface area contributed by atoms with Crippen LogP contribution in [-0.2, 0) is 0 Å². The summed E-state index contributed by atoms with van der Waals surface area (Å²) < 4.78 is 0. The molecular weight excluding hydrogens is 226 g/mol. The van der Waals surface area contributed by atoms with Crippen molar-refractivity contribution in [3.05, 3.63) is 30.3 Å². The van der Waals surface area contributed by atoms with Crippen LogP contribution in [0.15, 0.2) is 30.3 Å². The van der Waals surface area contributed by atoms with Crippen molar-refractivity contribution in [2.75, 3.05) is 17.6 Å². The molecule has 3 N–H and O–H groups in total. The molecule has 18 heavy (non-hydrogen) atoms. The Morgan fingerprint density at radius 3 is 2.61 bits per heavy atom. The van der Waals surface area contributed by atoms with Gasteiger partial charge < -0.3 is 11.1 Å². The third-order valence-electron chi connectivity index (χ3n) is 2.50. The lowest BCUT2D eigenvalue weighted by molar-refractivity contribution is 0.825. The minimum Gasteiger partial charge on any atom is -0.368 e. The molecule has 0 spiro atoms. The van der Waals surface area contributed by atoms with E-state index in [1.807, 2.05) is 30.3 Å². The summed E-state index contributed by atoms with van der Waals surface area (Å²) in [7, 11) is 0. The summed E-state index contributed by atoms with van der Waals surface area (Å²) in [6.07, 6.45) is 2.20. The first kappa shape index (κ1) is 12.3. The van der Waals surface area contributed by atoms with Crippen molar-refractivity contribution in [3.63, 3.8) is 0 Å². The van der Waals surface area contributed by atoms with E-state index in [4.69, 9.17) is 5.73 Å². The number of hydrogen-bond acceptors (Lipinski definition) is 5. The minimum absolute atomic E-state index is 0.239. The zero-order valence-corrected chi connectivity index (χ0v) is 10.4. The zero-order chi connectivity index (χ0) is 12.8. The van der Waals surface area contributed by atoms with Gasteiger partial charge in [0.15, 0.2) is 5.82 Å². The zero-order valence-electron chi connectivity index (χ0n) is 10.4. The second-order valence-electron chi connectivity index (χ2n) is 3.99. The van der Waals surface area contributed by atoms with E-state index in [9.17, 15) is 0 Å². The van der Waals surface area contributed by atoms with Gasteiger partial charge in [-0.1, -0.05) is 43.7 Å². The van der Waals surface area contributed by atoms with Crippen molar-refractivity contribution in [2.24, 2.45) is 0 Å². The molecule has 2 aromatic rings. The van der Waals surface area contributed by atoms with Crippen LogP contribution < -0.4 is 11.1 Å². The number of anilines is 2. The maximum atomic E-state index is 5.70. The first-order valence-electron chi connectivity index (χ1n) is 6.10. The van der Waals surface area contributed by atoms with E-state index in [2.05, 4.69) is 27.2 Å². The molecular formula is C13H17N5. The number of rotatable bonds is 5. The highest BCUT2D eigenvalue weighted by atomic mass is 15.2. The summed E-state index contributed by atoms with van der Waals surface area (Å²) >= 11 is 0. The van der Waals surface area contributed by atoms with Gasteiger partial charge in [-0.3, -0.25) is 0 Å². The highest BCUT2D eigenvalue weighted by Crippen LogP contribution is 2.16. The van der Waals surface area contributed by atoms with E-state index in [0.717, 1.165) is 24.9 Å². The van der Waals surface area contributed by atoms with Crippen molar-refractivity contribution in [3.8, 4) is 11.4 Å². The van der Waals surface area contributed by atoms with Crippen LogP contribution >= 0.6 is 0 Å². The molecule has 0 unspecified atom stereocenters. The van der Waals surface area contributed by atoms with Gasteiger partial charge in [-0.15, -0.1) is 0 Å². The van der Waals surface area contributed by atoms with Gasteiger partial charge in [0.05, 0.1) is 0 Å². The quantitative estimate of drug-likeness (QED) is 0.788. The molecule has 0 fully saturated rings. The van der Waals surface area contributed by atoms with Gasteiger partial charge in [-0.05, 0) is 6.42 Å². The lowest BCUT2D eigenvalue weighted by atomic mass is 10.2. The van der Waals surface area contributed by atoms with Crippen LogP contribution in [-0.4, -0.2) is 21.5 Å². The van der Waals surface area contributed by atoms with Gasteiger partial charge in [-0.25, -0.2) is 0 Å². The molecule has 0 aliphatic heterocycles. The largest absolute Gasteiger partial charge is 0.368 e. The Kier molecular flexibility index (Phi) is 4.06. The van der Waals surface area contributed by atoms with Crippen molar-refractivity contribution in [1.29, 1.82) is 0 Å². The number of unbranched alkanes of at least 4 members (excludes halogenated alkanes) is 1. The summed E-state index contributed by atoms with van der Waals surface area (Å²) in [5.74, 6) is 1.37. The maximum Gasteiger partial charge on any atom is 0.228 e. The molecule has 5 heteroatoms. The molecule has 1 aromatic carbocycles. The summed E-state index contributed by atoms with van der Waals surface area (Å²) in [5, 5.41) is 3.15. The Balaban J connectivity index is 2.21. The monoisotopic (exact) mass is 243 g/mol. The number of hydrogen-bond donors (Lipinski definition) is 2. The van der Waals surface area contributed by atoms with E-state index < -0.39 is 0 Å². The molecule has 1 aromatic heterocycles. The van der Waals surface area contributed by atoms with Crippen LogP contribution in [0.5, 0.6) is 0 Å². The van der Waals surface area contributed by atoms with E-state index in [1.165, 1.54) is 0 Å². The second kappa shape index (κ2) is 5.95. The van der Waals surface area contributed by atoms with Crippen LogP contribution in [0.1, 0.15) is 19.8 Å². The Bertz CT molecular complexity index is 498. The highest BCUT2D eigenvalue weighted by Gasteiger charge is 2.05. The molecule has 0 atom stereocenters. The number of nitrogens with two attached hydrogens (primary N) is 1. The minimum atomic E-state index is 0.239. The first-order chi connectivity index (χ1) is 8.79. The molecule has 94 valence electrons. The van der Waals surface area contributed by atoms with Crippen molar-refractivity contribution >= 4 is 11.9 Å². The molecule has 1 heterocycles. The van der Waals surface area contributed by atoms with E-state index in [1.54, 1.807) is 0 Å². The Morgan fingerprint density at radius 1 is 1.11 bits per heavy atom. The Hall–Kier alpha value is -2.17. The van der Waals surface area contributed by atoms with Crippen LogP contribution in [0.2, 0.25) is 0 Å². The van der Waals surface area contributed by atoms with Crippen molar-refractivity contribution < 1.29 is 0 Å². The number of benzene rings is 1. The van der Waals surface area contributed by atoms with Crippen molar-refractivity contribution in [2.45, 2.75) is 19.8 Å². The van der Waals surface area contributed by atoms with Gasteiger partial charge in [0.1, 0.15) is 0 Å². The second-order valence-corrected chi connectivity index (χ2v) is 3.99. The number of nitrogens with zero attached hydrogens (tertiary/aromatic N) is 3. The van der Waals surface area contributed by atoms with Crippen LogP contribution in [0.4, 0.5) is 11.9 Å². The topological polar surface area (TPSA) is 76.7 Å². The van der Waals surface area contributed by atoms with E-state index in [0.29, 0.717) is 11.8 Å². The fourth-order valence-electron chi connectivity index (χ4n) is 1.56. The van der Waals surface area contributed by atoms with Crippen LogP contribution in [0, 0.1) is 0 Å².